The third-order valence-electron chi connectivity index (χ3n) is 3.33. The zero-order valence-electron chi connectivity index (χ0n) is 11.7. The van der Waals surface area contributed by atoms with Gasteiger partial charge in [-0.2, -0.15) is 0 Å². The van der Waals surface area contributed by atoms with Gasteiger partial charge in [-0.25, -0.2) is 4.79 Å². The number of pyridine rings is 1. The highest BCUT2D eigenvalue weighted by atomic mass is 35.5. The Morgan fingerprint density at radius 1 is 1.09 bits per heavy atom. The summed E-state index contributed by atoms with van der Waals surface area (Å²) in [5.41, 5.74) is 1.60. The lowest BCUT2D eigenvalue weighted by Gasteiger charge is -2.10. The molecule has 22 heavy (non-hydrogen) atoms. The third-order valence-corrected chi connectivity index (χ3v) is 3.67. The molecule has 2 N–H and O–H groups in total. The SMILES string of the molecule is O=C(NCc1ccncc1Cl)Nc1cccc2ccccc12. The summed E-state index contributed by atoms with van der Waals surface area (Å²) in [5.74, 6) is 0. The molecule has 5 heteroatoms. The normalized spacial score (nSPS) is 10.4. The molecule has 0 unspecified atom stereocenters. The van der Waals surface area contributed by atoms with E-state index in [4.69, 9.17) is 11.6 Å². The number of aromatic nitrogens is 1. The molecule has 0 spiro atoms. The van der Waals surface area contributed by atoms with Crippen LogP contribution < -0.4 is 10.6 Å². The van der Waals surface area contributed by atoms with Crippen LogP contribution in [0.2, 0.25) is 5.02 Å². The molecule has 2 amide bonds. The number of rotatable bonds is 3. The van der Waals surface area contributed by atoms with Gasteiger partial charge in [0.15, 0.2) is 0 Å². The molecule has 0 atom stereocenters. The van der Waals surface area contributed by atoms with Crippen LogP contribution in [-0.4, -0.2) is 11.0 Å². The number of hydrogen-bond donors (Lipinski definition) is 2. The number of urea groups is 1. The van der Waals surface area contributed by atoms with Gasteiger partial charge in [0.25, 0.3) is 0 Å². The topological polar surface area (TPSA) is 54.0 Å². The van der Waals surface area contributed by atoms with Gasteiger partial charge in [0.05, 0.1) is 10.7 Å². The lowest BCUT2D eigenvalue weighted by atomic mass is 10.1. The lowest BCUT2D eigenvalue weighted by molar-refractivity contribution is 0.252. The molecular formula is C17H14ClN3O. The van der Waals surface area contributed by atoms with Gasteiger partial charge < -0.3 is 10.6 Å². The van der Waals surface area contributed by atoms with Crippen LogP contribution in [0.15, 0.2) is 60.9 Å². The number of carbonyl (C=O) groups excluding carboxylic acids is 1. The number of nitrogens with one attached hydrogen (secondary N) is 2. The second-order valence-electron chi connectivity index (χ2n) is 4.80. The van der Waals surface area contributed by atoms with Crippen molar-refractivity contribution in [3.8, 4) is 0 Å². The first-order valence-corrected chi connectivity index (χ1v) is 7.23. The number of fused-ring (bicyclic) bond motifs is 1. The smallest absolute Gasteiger partial charge is 0.319 e. The van der Waals surface area contributed by atoms with E-state index in [-0.39, 0.29) is 6.03 Å². The van der Waals surface area contributed by atoms with Crippen molar-refractivity contribution in [3.63, 3.8) is 0 Å². The summed E-state index contributed by atoms with van der Waals surface area (Å²) in [6, 6.07) is 15.2. The first-order valence-electron chi connectivity index (χ1n) is 6.85. The van der Waals surface area contributed by atoms with Crippen molar-refractivity contribution in [2.75, 3.05) is 5.32 Å². The van der Waals surface area contributed by atoms with Crippen molar-refractivity contribution in [3.05, 3.63) is 71.5 Å². The first kappa shape index (κ1) is 14.4. The summed E-state index contributed by atoms with van der Waals surface area (Å²) in [4.78, 5) is 16.0. The summed E-state index contributed by atoms with van der Waals surface area (Å²) in [5, 5.41) is 8.27. The van der Waals surface area contributed by atoms with Gasteiger partial charge in [-0.1, -0.05) is 48.0 Å². The van der Waals surface area contributed by atoms with Crippen molar-refractivity contribution < 1.29 is 4.79 Å². The summed E-state index contributed by atoms with van der Waals surface area (Å²) < 4.78 is 0. The molecule has 3 rings (SSSR count). The van der Waals surface area contributed by atoms with Gasteiger partial charge >= 0.3 is 6.03 Å². The molecule has 0 aliphatic carbocycles. The Balaban J connectivity index is 1.70. The van der Waals surface area contributed by atoms with Gasteiger partial charge in [0, 0.05) is 24.3 Å². The number of anilines is 1. The molecule has 0 aliphatic heterocycles. The Bertz CT molecular complexity index is 814. The fourth-order valence-electron chi connectivity index (χ4n) is 2.22. The van der Waals surface area contributed by atoms with Crippen LogP contribution in [0.3, 0.4) is 0 Å². The monoisotopic (exact) mass is 311 g/mol. The summed E-state index contributed by atoms with van der Waals surface area (Å²) in [6.45, 7) is 0.345. The molecule has 0 saturated carbocycles. The van der Waals surface area contributed by atoms with Crippen molar-refractivity contribution in [2.45, 2.75) is 6.54 Å². The maximum absolute atomic E-state index is 12.1. The van der Waals surface area contributed by atoms with Crippen molar-refractivity contribution >= 4 is 34.1 Å². The fraction of sp³-hybridized carbons (Fsp3) is 0.0588. The van der Waals surface area contributed by atoms with Crippen LogP contribution in [0.25, 0.3) is 10.8 Å². The molecule has 2 aromatic carbocycles. The Morgan fingerprint density at radius 2 is 1.91 bits per heavy atom. The average molecular weight is 312 g/mol. The van der Waals surface area contributed by atoms with Crippen LogP contribution in [0, 0.1) is 0 Å². The highest BCUT2D eigenvalue weighted by Crippen LogP contribution is 2.22. The Labute approximate surface area is 133 Å². The number of halogens is 1. The van der Waals surface area contributed by atoms with Crippen LogP contribution >= 0.6 is 11.6 Å². The van der Waals surface area contributed by atoms with E-state index < -0.39 is 0 Å². The molecule has 3 aromatic rings. The largest absolute Gasteiger partial charge is 0.334 e. The van der Waals surface area contributed by atoms with E-state index >= 15 is 0 Å². The molecule has 1 heterocycles. The molecule has 0 aliphatic rings. The summed E-state index contributed by atoms with van der Waals surface area (Å²) >= 11 is 6.01. The number of nitrogens with zero attached hydrogens (tertiary/aromatic N) is 1. The minimum absolute atomic E-state index is 0.274. The summed E-state index contributed by atoms with van der Waals surface area (Å²) in [7, 11) is 0. The van der Waals surface area contributed by atoms with Crippen LogP contribution in [0.5, 0.6) is 0 Å². The van der Waals surface area contributed by atoms with E-state index in [2.05, 4.69) is 15.6 Å². The van der Waals surface area contributed by atoms with E-state index in [9.17, 15) is 4.79 Å². The third kappa shape index (κ3) is 3.18. The fourth-order valence-corrected chi connectivity index (χ4v) is 2.41. The van der Waals surface area contributed by atoms with Crippen molar-refractivity contribution in [1.29, 1.82) is 0 Å². The van der Waals surface area contributed by atoms with E-state index in [0.717, 1.165) is 22.0 Å². The Morgan fingerprint density at radius 3 is 2.77 bits per heavy atom. The van der Waals surface area contributed by atoms with E-state index in [1.165, 1.54) is 0 Å². The maximum atomic E-state index is 12.1. The Hall–Kier alpha value is -2.59. The van der Waals surface area contributed by atoms with E-state index in [1.54, 1.807) is 18.5 Å². The standard InChI is InChI=1S/C17H14ClN3O/c18-15-11-19-9-8-13(15)10-20-17(22)21-16-7-3-5-12-4-1-2-6-14(12)16/h1-9,11H,10H2,(H2,20,21,22). The predicted octanol–water partition coefficient (Wildman–Crippen LogP) is 4.21. The van der Waals surface area contributed by atoms with E-state index in [1.807, 2.05) is 42.5 Å². The summed E-state index contributed by atoms with van der Waals surface area (Å²) in [6.07, 6.45) is 3.20. The minimum atomic E-state index is -0.274. The van der Waals surface area contributed by atoms with E-state index in [0.29, 0.717) is 11.6 Å². The van der Waals surface area contributed by atoms with Crippen molar-refractivity contribution in [2.24, 2.45) is 0 Å². The lowest BCUT2D eigenvalue weighted by Crippen LogP contribution is -2.28. The quantitative estimate of drug-likeness (QED) is 0.761. The average Bonchev–Trinajstić information content (AvgIpc) is 2.54. The molecule has 4 nitrogen and oxygen atoms in total. The highest BCUT2D eigenvalue weighted by Gasteiger charge is 2.06. The van der Waals surface area contributed by atoms with Gasteiger partial charge in [0.2, 0.25) is 0 Å². The molecule has 0 fully saturated rings. The van der Waals surface area contributed by atoms with Gasteiger partial charge in [-0.15, -0.1) is 0 Å². The molecule has 0 radical (unpaired) electrons. The van der Waals surface area contributed by atoms with Gasteiger partial charge in [-0.05, 0) is 23.1 Å². The Kier molecular flexibility index (Phi) is 4.21. The number of amides is 2. The van der Waals surface area contributed by atoms with Gasteiger partial charge in [0.1, 0.15) is 0 Å². The number of carbonyl (C=O) groups is 1. The highest BCUT2D eigenvalue weighted by molar-refractivity contribution is 6.31. The molecule has 1 aromatic heterocycles. The predicted molar refractivity (Wildman–Crippen MR) is 89.1 cm³/mol. The van der Waals surface area contributed by atoms with Crippen molar-refractivity contribution in [1.82, 2.24) is 10.3 Å². The first-order chi connectivity index (χ1) is 10.7. The number of benzene rings is 2. The number of hydrogen-bond acceptors (Lipinski definition) is 2. The second-order valence-corrected chi connectivity index (χ2v) is 5.21. The maximum Gasteiger partial charge on any atom is 0.319 e. The molecule has 110 valence electrons. The zero-order chi connectivity index (χ0) is 15.4. The van der Waals surface area contributed by atoms with Crippen LogP contribution in [-0.2, 0) is 6.54 Å². The molecular weight excluding hydrogens is 298 g/mol. The minimum Gasteiger partial charge on any atom is -0.334 e. The zero-order valence-corrected chi connectivity index (χ0v) is 12.5. The van der Waals surface area contributed by atoms with Crippen LogP contribution in [0.4, 0.5) is 10.5 Å². The van der Waals surface area contributed by atoms with Gasteiger partial charge in [-0.3, -0.25) is 4.98 Å². The molecule has 0 bridgehead atoms. The second kappa shape index (κ2) is 6.45. The molecule has 0 saturated heterocycles. The van der Waals surface area contributed by atoms with Crippen LogP contribution in [0.1, 0.15) is 5.56 Å².